The van der Waals surface area contributed by atoms with E-state index >= 15 is 0 Å². The molecule has 0 aliphatic heterocycles. The molecule has 128 valence electrons. The van der Waals surface area contributed by atoms with E-state index in [1.807, 2.05) is 6.07 Å². The maximum absolute atomic E-state index is 12.3. The molecule has 2 aromatic heterocycles. The van der Waals surface area contributed by atoms with Crippen molar-refractivity contribution in [1.82, 2.24) is 15.0 Å². The van der Waals surface area contributed by atoms with Crippen molar-refractivity contribution in [3.8, 4) is 17.3 Å². The standard InChI is InChI=1S/C17H13F3N4O/c1-11-9-15(24-16(22-11)14-7-2-3-8-21-14)23-12-5-4-6-13(10-12)25-17(18,19)20/h2-10H,1H3,(H,22,23,24). The van der Waals surface area contributed by atoms with Crippen LogP contribution in [0.3, 0.4) is 0 Å². The Morgan fingerprint density at radius 3 is 2.56 bits per heavy atom. The summed E-state index contributed by atoms with van der Waals surface area (Å²) in [6.45, 7) is 1.79. The van der Waals surface area contributed by atoms with E-state index in [1.54, 1.807) is 37.4 Å². The lowest BCUT2D eigenvalue weighted by molar-refractivity contribution is -0.274. The topological polar surface area (TPSA) is 59.9 Å². The summed E-state index contributed by atoms with van der Waals surface area (Å²) >= 11 is 0. The van der Waals surface area contributed by atoms with Crippen molar-refractivity contribution in [2.75, 3.05) is 5.32 Å². The van der Waals surface area contributed by atoms with Gasteiger partial charge in [0.2, 0.25) is 0 Å². The summed E-state index contributed by atoms with van der Waals surface area (Å²) in [5.41, 5.74) is 1.70. The molecule has 8 heteroatoms. The van der Waals surface area contributed by atoms with Gasteiger partial charge in [-0.25, -0.2) is 9.97 Å². The second-order valence-corrected chi connectivity index (χ2v) is 5.13. The van der Waals surface area contributed by atoms with Crippen molar-refractivity contribution < 1.29 is 17.9 Å². The van der Waals surface area contributed by atoms with Crippen molar-refractivity contribution in [1.29, 1.82) is 0 Å². The fourth-order valence-corrected chi connectivity index (χ4v) is 2.16. The number of hydrogen-bond donors (Lipinski definition) is 1. The molecule has 0 spiro atoms. The van der Waals surface area contributed by atoms with E-state index in [2.05, 4.69) is 25.0 Å². The first-order valence-corrected chi connectivity index (χ1v) is 7.29. The van der Waals surface area contributed by atoms with Gasteiger partial charge >= 0.3 is 6.36 Å². The number of rotatable bonds is 4. The normalized spacial score (nSPS) is 11.2. The molecule has 0 amide bonds. The summed E-state index contributed by atoms with van der Waals surface area (Å²) < 4.78 is 40.9. The summed E-state index contributed by atoms with van der Waals surface area (Å²) in [5.74, 6) is 0.552. The van der Waals surface area contributed by atoms with E-state index in [-0.39, 0.29) is 5.75 Å². The zero-order valence-corrected chi connectivity index (χ0v) is 13.1. The van der Waals surface area contributed by atoms with Gasteiger partial charge in [-0.05, 0) is 31.2 Å². The molecule has 0 aliphatic rings. The Hall–Kier alpha value is -3.16. The van der Waals surface area contributed by atoms with Crippen LogP contribution in [-0.2, 0) is 0 Å². The van der Waals surface area contributed by atoms with Crippen molar-refractivity contribution in [2.24, 2.45) is 0 Å². The SMILES string of the molecule is Cc1cc(Nc2cccc(OC(F)(F)F)c2)nc(-c2ccccn2)n1. The minimum atomic E-state index is -4.74. The molecule has 2 heterocycles. The second kappa shape index (κ2) is 6.76. The highest BCUT2D eigenvalue weighted by Crippen LogP contribution is 2.26. The predicted octanol–water partition coefficient (Wildman–Crippen LogP) is 4.49. The Kier molecular flexibility index (Phi) is 4.51. The molecule has 0 fully saturated rings. The number of halogens is 3. The summed E-state index contributed by atoms with van der Waals surface area (Å²) in [5, 5.41) is 2.95. The molecule has 1 N–H and O–H groups in total. The molecule has 0 aliphatic carbocycles. The third kappa shape index (κ3) is 4.66. The van der Waals surface area contributed by atoms with Crippen LogP contribution in [0.25, 0.3) is 11.5 Å². The predicted molar refractivity (Wildman–Crippen MR) is 86.4 cm³/mol. The summed E-state index contributed by atoms with van der Waals surface area (Å²) in [4.78, 5) is 12.9. The van der Waals surface area contributed by atoms with Gasteiger partial charge in [0.1, 0.15) is 17.3 Å². The molecule has 5 nitrogen and oxygen atoms in total. The molecule has 25 heavy (non-hydrogen) atoms. The van der Waals surface area contributed by atoms with Crippen LogP contribution in [0.15, 0.2) is 54.7 Å². The molecular formula is C17H13F3N4O. The highest BCUT2D eigenvalue weighted by Gasteiger charge is 2.31. The maximum atomic E-state index is 12.3. The summed E-state index contributed by atoms with van der Waals surface area (Å²) in [7, 11) is 0. The number of nitrogens with zero attached hydrogens (tertiary/aromatic N) is 3. The van der Waals surface area contributed by atoms with Crippen LogP contribution in [0.5, 0.6) is 5.75 Å². The van der Waals surface area contributed by atoms with Crippen LogP contribution >= 0.6 is 0 Å². The van der Waals surface area contributed by atoms with Crippen LogP contribution in [0.2, 0.25) is 0 Å². The minimum Gasteiger partial charge on any atom is -0.406 e. The fraction of sp³-hybridized carbons (Fsp3) is 0.118. The molecule has 3 rings (SSSR count). The number of ether oxygens (including phenoxy) is 1. The van der Waals surface area contributed by atoms with Gasteiger partial charge in [0.25, 0.3) is 0 Å². The number of hydrogen-bond acceptors (Lipinski definition) is 5. The van der Waals surface area contributed by atoms with Crippen molar-refractivity contribution in [2.45, 2.75) is 13.3 Å². The van der Waals surface area contributed by atoms with Crippen molar-refractivity contribution in [3.05, 3.63) is 60.4 Å². The number of nitrogens with one attached hydrogen (secondary N) is 1. The lowest BCUT2D eigenvalue weighted by Crippen LogP contribution is -2.17. The van der Waals surface area contributed by atoms with Gasteiger partial charge < -0.3 is 10.1 Å². The Labute approximate surface area is 141 Å². The average molecular weight is 346 g/mol. The zero-order valence-electron chi connectivity index (χ0n) is 13.1. The largest absolute Gasteiger partial charge is 0.573 e. The van der Waals surface area contributed by atoms with Gasteiger partial charge in [-0.3, -0.25) is 4.98 Å². The number of benzene rings is 1. The number of anilines is 2. The van der Waals surface area contributed by atoms with Gasteiger partial charge in [0, 0.05) is 29.7 Å². The number of alkyl halides is 3. The zero-order chi connectivity index (χ0) is 17.9. The Bertz CT molecular complexity index is 869. The summed E-state index contributed by atoms with van der Waals surface area (Å²) in [6, 6.07) is 12.6. The third-order valence-corrected chi connectivity index (χ3v) is 3.09. The Balaban J connectivity index is 1.86. The first-order chi connectivity index (χ1) is 11.9. The third-order valence-electron chi connectivity index (χ3n) is 3.09. The van der Waals surface area contributed by atoms with Crippen LogP contribution in [0.1, 0.15) is 5.69 Å². The molecule has 0 radical (unpaired) electrons. The van der Waals surface area contributed by atoms with E-state index < -0.39 is 6.36 Å². The lowest BCUT2D eigenvalue weighted by atomic mass is 10.3. The summed E-state index contributed by atoms with van der Waals surface area (Å²) in [6.07, 6.45) is -3.11. The molecule has 1 aromatic carbocycles. The molecule has 0 unspecified atom stereocenters. The van der Waals surface area contributed by atoms with Gasteiger partial charge in [0.15, 0.2) is 5.82 Å². The van der Waals surface area contributed by atoms with Crippen LogP contribution < -0.4 is 10.1 Å². The fourth-order valence-electron chi connectivity index (χ4n) is 2.16. The van der Waals surface area contributed by atoms with E-state index in [4.69, 9.17) is 0 Å². The van der Waals surface area contributed by atoms with Gasteiger partial charge in [0.05, 0.1) is 0 Å². The highest BCUT2D eigenvalue weighted by molar-refractivity contribution is 5.61. The smallest absolute Gasteiger partial charge is 0.406 e. The van der Waals surface area contributed by atoms with Gasteiger partial charge in [-0.15, -0.1) is 13.2 Å². The van der Waals surface area contributed by atoms with Crippen LogP contribution in [-0.4, -0.2) is 21.3 Å². The monoisotopic (exact) mass is 346 g/mol. The number of pyridine rings is 1. The number of aromatic nitrogens is 3. The van der Waals surface area contributed by atoms with E-state index in [0.29, 0.717) is 28.7 Å². The van der Waals surface area contributed by atoms with Crippen LogP contribution in [0.4, 0.5) is 24.7 Å². The van der Waals surface area contributed by atoms with Crippen molar-refractivity contribution >= 4 is 11.5 Å². The first kappa shape index (κ1) is 16.7. The Morgan fingerprint density at radius 2 is 1.84 bits per heavy atom. The van der Waals surface area contributed by atoms with E-state index in [9.17, 15) is 13.2 Å². The molecule has 0 bridgehead atoms. The minimum absolute atomic E-state index is 0.312. The van der Waals surface area contributed by atoms with E-state index in [1.165, 1.54) is 18.2 Å². The molecular weight excluding hydrogens is 333 g/mol. The molecule has 0 saturated carbocycles. The molecule has 0 saturated heterocycles. The molecule has 0 atom stereocenters. The maximum Gasteiger partial charge on any atom is 0.573 e. The van der Waals surface area contributed by atoms with Crippen molar-refractivity contribution in [3.63, 3.8) is 0 Å². The quantitative estimate of drug-likeness (QED) is 0.754. The lowest BCUT2D eigenvalue weighted by Gasteiger charge is -2.11. The average Bonchev–Trinajstić information content (AvgIpc) is 2.54. The van der Waals surface area contributed by atoms with E-state index in [0.717, 1.165) is 0 Å². The number of aryl methyl sites for hydroxylation is 1. The second-order valence-electron chi connectivity index (χ2n) is 5.13. The Morgan fingerprint density at radius 1 is 1.00 bits per heavy atom. The van der Waals surface area contributed by atoms with Crippen LogP contribution in [0, 0.1) is 6.92 Å². The first-order valence-electron chi connectivity index (χ1n) is 7.29. The van der Waals surface area contributed by atoms with Gasteiger partial charge in [-0.1, -0.05) is 12.1 Å². The van der Waals surface area contributed by atoms with Gasteiger partial charge in [-0.2, -0.15) is 0 Å². The highest BCUT2D eigenvalue weighted by atomic mass is 19.4. The molecule has 3 aromatic rings.